The van der Waals surface area contributed by atoms with Gasteiger partial charge in [0.15, 0.2) is 8.32 Å². The van der Waals surface area contributed by atoms with Crippen LogP contribution in [-0.2, 0) is 15.3 Å². The number of carboxylic acid groups (broad SMARTS) is 1. The molecule has 3 aromatic carbocycles. The SMILES string of the molecule is CC1(C)CCC(C)(C)c2cc(-c3cc(-c4ccc(C(=O)O)cc4)ccc3OCCCO[Si](C)(C)C(C)(C)C)ccc21. The highest BCUT2D eigenvalue weighted by molar-refractivity contribution is 6.74. The minimum Gasteiger partial charge on any atom is -0.493 e. The molecule has 0 saturated carbocycles. The normalized spacial score (nSPS) is 16.2. The van der Waals surface area contributed by atoms with Gasteiger partial charge in [0.2, 0.25) is 0 Å². The van der Waals surface area contributed by atoms with Gasteiger partial charge in [0.05, 0.1) is 12.2 Å². The van der Waals surface area contributed by atoms with Crippen molar-refractivity contribution in [2.75, 3.05) is 13.2 Å². The van der Waals surface area contributed by atoms with E-state index in [0.29, 0.717) is 13.2 Å². The Morgan fingerprint density at radius 2 is 1.39 bits per heavy atom. The minimum atomic E-state index is -1.79. The first kappa shape index (κ1) is 31.1. The fourth-order valence-electron chi connectivity index (χ4n) is 5.41. The molecule has 1 N–H and O–H groups in total. The molecule has 0 aromatic heterocycles. The Balaban J connectivity index is 1.67. The molecule has 0 bridgehead atoms. The molecule has 0 radical (unpaired) electrons. The third-order valence-electron chi connectivity index (χ3n) is 9.42. The van der Waals surface area contributed by atoms with Crippen molar-refractivity contribution in [2.24, 2.45) is 0 Å². The number of rotatable bonds is 9. The molecule has 4 rings (SSSR count). The molecule has 0 atom stereocenters. The summed E-state index contributed by atoms with van der Waals surface area (Å²) < 4.78 is 12.8. The van der Waals surface area contributed by atoms with E-state index >= 15 is 0 Å². The average molecular weight is 573 g/mol. The lowest BCUT2D eigenvalue weighted by Gasteiger charge is -2.42. The Bertz CT molecular complexity index is 1390. The Morgan fingerprint density at radius 1 is 0.805 bits per heavy atom. The number of hydrogen-bond donors (Lipinski definition) is 1. The van der Waals surface area contributed by atoms with Crippen LogP contribution >= 0.6 is 0 Å². The lowest BCUT2D eigenvalue weighted by atomic mass is 9.63. The summed E-state index contributed by atoms with van der Waals surface area (Å²) in [6.45, 7) is 22.0. The fraction of sp³-hybridized carbons (Fsp3) is 0.472. The second-order valence-corrected chi connectivity index (χ2v) is 19.2. The molecular formula is C36H48O4Si. The molecule has 0 aliphatic heterocycles. The summed E-state index contributed by atoms with van der Waals surface area (Å²) in [5.74, 6) is -0.0609. The van der Waals surface area contributed by atoms with Gasteiger partial charge < -0.3 is 14.3 Å². The van der Waals surface area contributed by atoms with Crippen molar-refractivity contribution in [3.05, 3.63) is 77.4 Å². The molecule has 41 heavy (non-hydrogen) atoms. The van der Waals surface area contributed by atoms with Gasteiger partial charge in [-0.2, -0.15) is 0 Å². The maximum absolute atomic E-state index is 11.4. The molecule has 0 heterocycles. The quantitative estimate of drug-likeness (QED) is 0.205. The molecule has 1 aliphatic carbocycles. The van der Waals surface area contributed by atoms with Crippen molar-refractivity contribution in [3.8, 4) is 28.0 Å². The molecule has 4 nitrogen and oxygen atoms in total. The molecule has 0 saturated heterocycles. The molecule has 220 valence electrons. The van der Waals surface area contributed by atoms with Crippen LogP contribution in [0.2, 0.25) is 18.1 Å². The van der Waals surface area contributed by atoms with Crippen LogP contribution in [0.5, 0.6) is 5.75 Å². The first-order valence-electron chi connectivity index (χ1n) is 14.9. The van der Waals surface area contributed by atoms with E-state index in [1.54, 1.807) is 12.1 Å². The Hall–Kier alpha value is -2.89. The van der Waals surface area contributed by atoms with Gasteiger partial charge in [-0.3, -0.25) is 0 Å². The number of benzene rings is 3. The lowest BCUT2D eigenvalue weighted by Crippen LogP contribution is -2.41. The van der Waals surface area contributed by atoms with E-state index in [1.165, 1.54) is 17.5 Å². The van der Waals surface area contributed by atoms with Crippen molar-refractivity contribution in [1.29, 1.82) is 0 Å². The Morgan fingerprint density at radius 3 is 2.00 bits per heavy atom. The van der Waals surface area contributed by atoms with Crippen LogP contribution in [0.3, 0.4) is 0 Å². The summed E-state index contributed by atoms with van der Waals surface area (Å²) in [7, 11) is -1.79. The van der Waals surface area contributed by atoms with Crippen LogP contribution in [0, 0.1) is 0 Å². The second-order valence-electron chi connectivity index (χ2n) is 14.4. The van der Waals surface area contributed by atoms with Crippen molar-refractivity contribution < 1.29 is 19.1 Å². The molecule has 0 spiro atoms. The van der Waals surface area contributed by atoms with E-state index in [4.69, 9.17) is 9.16 Å². The van der Waals surface area contributed by atoms with Gasteiger partial charge >= 0.3 is 5.97 Å². The molecular weight excluding hydrogens is 524 g/mol. The number of carboxylic acids is 1. The van der Waals surface area contributed by atoms with Crippen LogP contribution in [0.25, 0.3) is 22.3 Å². The number of carbonyl (C=O) groups is 1. The monoisotopic (exact) mass is 572 g/mol. The molecule has 0 amide bonds. The zero-order valence-electron chi connectivity index (χ0n) is 26.5. The summed E-state index contributed by atoms with van der Waals surface area (Å²) in [5.41, 5.74) is 7.59. The highest BCUT2D eigenvalue weighted by atomic mass is 28.4. The smallest absolute Gasteiger partial charge is 0.335 e. The van der Waals surface area contributed by atoms with Crippen LogP contribution in [-0.4, -0.2) is 32.6 Å². The van der Waals surface area contributed by atoms with Crippen molar-refractivity contribution >= 4 is 14.3 Å². The minimum absolute atomic E-state index is 0.104. The maximum atomic E-state index is 11.4. The summed E-state index contributed by atoms with van der Waals surface area (Å²) in [6.07, 6.45) is 3.17. The number of aromatic carboxylic acids is 1. The van der Waals surface area contributed by atoms with Gasteiger partial charge in [0.1, 0.15) is 5.75 Å². The van der Waals surface area contributed by atoms with Gasteiger partial charge in [0, 0.05) is 18.6 Å². The first-order chi connectivity index (χ1) is 19.0. The zero-order chi connectivity index (χ0) is 30.2. The Kier molecular flexibility index (Phi) is 8.64. The molecule has 0 unspecified atom stereocenters. The third kappa shape index (κ3) is 6.78. The largest absolute Gasteiger partial charge is 0.493 e. The maximum Gasteiger partial charge on any atom is 0.335 e. The highest BCUT2D eigenvalue weighted by Gasteiger charge is 2.38. The predicted octanol–water partition coefficient (Wildman–Crippen LogP) is 9.86. The standard InChI is InChI=1S/C36H48O4Si/c1-34(2,3)41(8,9)40-22-10-21-39-32-18-16-27(25-11-13-26(14-12-25)33(37)38)23-29(32)28-15-17-30-31(24-28)36(6,7)20-19-35(30,4)5/h11-18,23-24H,10,19-22H2,1-9H3,(H,37,38). The average Bonchev–Trinajstić information content (AvgIpc) is 2.90. The fourth-order valence-corrected chi connectivity index (χ4v) is 6.50. The Labute approximate surface area is 248 Å². The van der Waals surface area contributed by atoms with E-state index < -0.39 is 14.3 Å². The number of fused-ring (bicyclic) bond motifs is 1. The van der Waals surface area contributed by atoms with Crippen molar-refractivity contribution in [1.82, 2.24) is 0 Å². The van der Waals surface area contributed by atoms with Crippen LogP contribution in [0.1, 0.15) is 89.2 Å². The van der Waals surface area contributed by atoms with Crippen LogP contribution in [0.15, 0.2) is 60.7 Å². The summed E-state index contributed by atoms with van der Waals surface area (Å²) >= 11 is 0. The third-order valence-corrected chi connectivity index (χ3v) is 14.0. The van der Waals surface area contributed by atoms with Crippen molar-refractivity contribution in [3.63, 3.8) is 0 Å². The molecule has 3 aromatic rings. The second kappa shape index (κ2) is 11.4. The summed E-state index contributed by atoms with van der Waals surface area (Å²) in [5, 5.41) is 9.52. The van der Waals surface area contributed by atoms with E-state index in [-0.39, 0.29) is 21.4 Å². The lowest BCUT2D eigenvalue weighted by molar-refractivity contribution is 0.0697. The first-order valence-corrected chi connectivity index (χ1v) is 17.8. The topological polar surface area (TPSA) is 55.8 Å². The van der Waals surface area contributed by atoms with Gasteiger partial charge in [-0.05, 0) is 93.9 Å². The highest BCUT2D eigenvalue weighted by Crippen LogP contribution is 2.47. The molecule has 1 aliphatic rings. The molecule has 5 heteroatoms. The zero-order valence-corrected chi connectivity index (χ0v) is 27.5. The van der Waals surface area contributed by atoms with Gasteiger partial charge in [-0.25, -0.2) is 4.79 Å². The van der Waals surface area contributed by atoms with Gasteiger partial charge in [-0.1, -0.05) is 84.9 Å². The number of hydrogen-bond acceptors (Lipinski definition) is 3. The number of ether oxygens (including phenoxy) is 1. The predicted molar refractivity (Wildman–Crippen MR) is 173 cm³/mol. The van der Waals surface area contributed by atoms with E-state index in [9.17, 15) is 9.90 Å². The van der Waals surface area contributed by atoms with Crippen LogP contribution in [0.4, 0.5) is 0 Å². The van der Waals surface area contributed by atoms with E-state index in [0.717, 1.165) is 40.8 Å². The van der Waals surface area contributed by atoms with Crippen molar-refractivity contribution in [2.45, 2.75) is 96.7 Å². The van der Waals surface area contributed by atoms with E-state index in [1.807, 2.05) is 12.1 Å². The molecule has 0 fully saturated rings. The summed E-state index contributed by atoms with van der Waals surface area (Å²) in [6, 6.07) is 20.3. The van der Waals surface area contributed by atoms with E-state index in [2.05, 4.69) is 98.0 Å². The van der Waals surface area contributed by atoms with Gasteiger partial charge in [-0.15, -0.1) is 0 Å². The summed E-state index contributed by atoms with van der Waals surface area (Å²) in [4.78, 5) is 11.4. The van der Waals surface area contributed by atoms with Crippen LogP contribution < -0.4 is 4.74 Å². The van der Waals surface area contributed by atoms with Gasteiger partial charge in [0.25, 0.3) is 0 Å².